The molecule has 0 saturated heterocycles. The summed E-state index contributed by atoms with van der Waals surface area (Å²) in [6, 6.07) is 13.8. The number of allylic oxidation sites excluding steroid dienone is 1. The molecule has 0 fully saturated rings. The second-order valence-corrected chi connectivity index (χ2v) is 10.3. The fraction of sp³-hybridized carbons (Fsp3) is 0.0769. The minimum Gasteiger partial charge on any atom is -0.454 e. The maximum absolute atomic E-state index is 11.6. The maximum Gasteiger partial charge on any atom is 0.301 e. The lowest BCUT2D eigenvalue weighted by Gasteiger charge is -2.05. The normalized spacial score (nSPS) is 12.5. The Balaban J connectivity index is 1.50. The number of hydrogen-bond acceptors (Lipinski definition) is 11. The lowest BCUT2D eigenvalue weighted by atomic mass is 10.1. The second-order valence-electron chi connectivity index (χ2n) is 8.46. The number of nitrogens with zero attached hydrogens (tertiary/aromatic N) is 4. The number of aryl methyl sites for hydroxylation is 1. The van der Waals surface area contributed by atoms with Crippen LogP contribution in [0.15, 0.2) is 65.8 Å². The van der Waals surface area contributed by atoms with Gasteiger partial charge in [-0.05, 0) is 55.0 Å². The highest BCUT2D eigenvalue weighted by molar-refractivity contribution is 7.18. The summed E-state index contributed by atoms with van der Waals surface area (Å²) in [5, 5.41) is 31.7. The fourth-order valence-corrected chi connectivity index (χ4v) is 4.99. The molecule has 1 aliphatic rings. The van der Waals surface area contributed by atoms with Crippen LogP contribution in [0.2, 0.25) is 10.0 Å². The van der Waals surface area contributed by atoms with Crippen LogP contribution in [0.25, 0.3) is 6.08 Å². The molecule has 4 aromatic rings. The number of ether oxygens (including phenoxy) is 2. The number of aromatic nitrogens is 1. The van der Waals surface area contributed by atoms with Gasteiger partial charge in [-0.25, -0.2) is 4.98 Å². The zero-order chi connectivity index (χ0) is 29.1. The Morgan fingerprint density at radius 3 is 2.59 bits per heavy atom. The average molecular weight is 613 g/mol. The monoisotopic (exact) mass is 612 g/mol. The zero-order valence-electron chi connectivity index (χ0n) is 21.0. The smallest absolute Gasteiger partial charge is 0.301 e. The molecule has 3 aromatic carbocycles. The predicted octanol–water partition coefficient (Wildman–Crippen LogP) is 7.58. The summed E-state index contributed by atoms with van der Waals surface area (Å²) in [5.41, 5.74) is 4.26. The molecule has 208 valence electrons. The van der Waals surface area contributed by atoms with Gasteiger partial charge in [0.25, 0.3) is 5.69 Å². The van der Waals surface area contributed by atoms with Gasteiger partial charge < -0.3 is 14.8 Å². The Morgan fingerprint density at radius 1 is 1.02 bits per heavy atom. The van der Waals surface area contributed by atoms with Gasteiger partial charge >= 0.3 is 5.69 Å². The van der Waals surface area contributed by atoms with Crippen LogP contribution in [0.3, 0.4) is 0 Å². The van der Waals surface area contributed by atoms with Crippen molar-refractivity contribution in [3.63, 3.8) is 0 Å². The third-order valence-electron chi connectivity index (χ3n) is 5.72. The van der Waals surface area contributed by atoms with Crippen molar-refractivity contribution in [2.75, 3.05) is 17.5 Å². The third-order valence-corrected chi connectivity index (χ3v) is 7.55. The van der Waals surface area contributed by atoms with Gasteiger partial charge in [-0.1, -0.05) is 46.7 Å². The first-order chi connectivity index (χ1) is 19.7. The van der Waals surface area contributed by atoms with Crippen LogP contribution in [0, 0.1) is 27.2 Å². The minimum atomic E-state index is -0.718. The van der Waals surface area contributed by atoms with E-state index in [1.54, 1.807) is 43.3 Å². The standard InChI is InChI=1S/C26H18Cl2N6O6S/c1-14-25(41-26(29-14)30-16-4-6-18(27)19(28)11-16)21(7-2-15-3-9-23-24(10-15)40-13-39-23)32-31-20-8-5-17(33(35)36)12-22(20)34(37)38/h2-12,31H,13H2,1H3,(H,29,30)/b7-2+,32-21-. The van der Waals surface area contributed by atoms with Crippen molar-refractivity contribution in [1.29, 1.82) is 0 Å². The SMILES string of the molecule is Cc1nc(Nc2ccc(Cl)c(Cl)c2)sc1C(/C=C/c1ccc2c(c1)OCO2)=N\Nc1ccc([N+](=O)[O-])cc1[N+](=O)[O-]. The van der Waals surface area contributed by atoms with Gasteiger partial charge in [0.2, 0.25) is 6.79 Å². The number of nitro benzene ring substituents is 2. The number of benzene rings is 3. The number of hydrogen-bond donors (Lipinski definition) is 2. The lowest BCUT2D eigenvalue weighted by molar-refractivity contribution is -0.393. The molecule has 0 unspecified atom stereocenters. The number of rotatable bonds is 9. The van der Waals surface area contributed by atoms with Gasteiger partial charge in [0.05, 0.1) is 36.5 Å². The van der Waals surface area contributed by atoms with E-state index in [1.165, 1.54) is 17.4 Å². The van der Waals surface area contributed by atoms with Gasteiger partial charge in [-0.2, -0.15) is 5.10 Å². The van der Waals surface area contributed by atoms with E-state index in [2.05, 4.69) is 20.8 Å². The Labute approximate surface area is 246 Å². The predicted molar refractivity (Wildman–Crippen MR) is 158 cm³/mol. The molecular formula is C26H18Cl2N6O6S. The summed E-state index contributed by atoms with van der Waals surface area (Å²) < 4.78 is 10.8. The van der Waals surface area contributed by atoms with Crippen LogP contribution in [-0.4, -0.2) is 27.3 Å². The number of nitrogens with one attached hydrogen (secondary N) is 2. The third kappa shape index (κ3) is 6.38. The lowest BCUT2D eigenvalue weighted by Crippen LogP contribution is -2.03. The average Bonchev–Trinajstić information content (AvgIpc) is 3.56. The molecule has 0 atom stereocenters. The van der Waals surface area contributed by atoms with Crippen molar-refractivity contribution in [1.82, 2.24) is 4.98 Å². The van der Waals surface area contributed by atoms with E-state index in [0.717, 1.165) is 17.7 Å². The van der Waals surface area contributed by atoms with E-state index in [1.807, 2.05) is 12.1 Å². The first-order valence-corrected chi connectivity index (χ1v) is 13.3. The molecule has 5 rings (SSSR count). The van der Waals surface area contributed by atoms with E-state index in [9.17, 15) is 20.2 Å². The first-order valence-electron chi connectivity index (χ1n) is 11.7. The number of thiazole rings is 1. The molecule has 1 aromatic heterocycles. The van der Waals surface area contributed by atoms with E-state index >= 15 is 0 Å². The van der Waals surface area contributed by atoms with Crippen LogP contribution in [0.5, 0.6) is 11.5 Å². The first kappa shape index (κ1) is 27.8. The highest BCUT2D eigenvalue weighted by Gasteiger charge is 2.20. The van der Waals surface area contributed by atoms with Gasteiger partial charge in [-0.15, -0.1) is 0 Å². The Hall–Kier alpha value is -4.72. The quantitative estimate of drug-likeness (QED) is 0.110. The molecule has 0 spiro atoms. The van der Waals surface area contributed by atoms with Gasteiger partial charge in [-0.3, -0.25) is 25.7 Å². The number of nitro groups is 2. The summed E-state index contributed by atoms with van der Waals surface area (Å²) in [5.74, 6) is 1.24. The van der Waals surface area contributed by atoms with Crippen molar-refractivity contribution in [3.05, 3.63) is 107 Å². The van der Waals surface area contributed by atoms with Crippen molar-refractivity contribution >= 4 is 74.2 Å². The summed E-state index contributed by atoms with van der Waals surface area (Å²) in [6.07, 6.45) is 3.50. The van der Waals surface area contributed by atoms with Crippen LogP contribution < -0.4 is 20.2 Å². The van der Waals surface area contributed by atoms with Crippen LogP contribution >= 0.6 is 34.5 Å². The van der Waals surface area contributed by atoms with Gasteiger partial charge in [0.1, 0.15) is 11.4 Å². The number of fused-ring (bicyclic) bond motifs is 1. The van der Waals surface area contributed by atoms with Crippen LogP contribution in [0.1, 0.15) is 16.1 Å². The maximum atomic E-state index is 11.6. The molecule has 2 N–H and O–H groups in total. The van der Waals surface area contributed by atoms with Crippen LogP contribution in [-0.2, 0) is 0 Å². The second kappa shape index (κ2) is 11.8. The van der Waals surface area contributed by atoms with E-state index in [-0.39, 0.29) is 12.5 Å². The molecule has 41 heavy (non-hydrogen) atoms. The summed E-state index contributed by atoms with van der Waals surface area (Å²) >= 11 is 13.4. The highest BCUT2D eigenvalue weighted by atomic mass is 35.5. The molecule has 0 amide bonds. The number of hydrazone groups is 1. The molecule has 12 nitrogen and oxygen atoms in total. The number of halogens is 2. The van der Waals surface area contributed by atoms with Crippen molar-refractivity contribution in [2.24, 2.45) is 5.10 Å². The summed E-state index contributed by atoms with van der Waals surface area (Å²) in [4.78, 5) is 26.5. The molecular weight excluding hydrogens is 595 g/mol. The Bertz CT molecular complexity index is 1740. The molecule has 0 aliphatic carbocycles. The number of non-ortho nitro benzene ring substituents is 1. The minimum absolute atomic E-state index is 0.0223. The van der Waals surface area contributed by atoms with E-state index in [4.69, 9.17) is 32.7 Å². The van der Waals surface area contributed by atoms with Crippen molar-refractivity contribution < 1.29 is 19.3 Å². The molecule has 0 saturated carbocycles. The molecule has 15 heteroatoms. The fourth-order valence-electron chi connectivity index (χ4n) is 3.74. The van der Waals surface area contributed by atoms with Gasteiger partial charge in [0, 0.05) is 11.8 Å². The van der Waals surface area contributed by atoms with Gasteiger partial charge in [0.15, 0.2) is 16.6 Å². The molecule has 0 radical (unpaired) electrons. The Kier molecular flexibility index (Phi) is 8.01. The summed E-state index contributed by atoms with van der Waals surface area (Å²) in [7, 11) is 0. The molecule has 2 heterocycles. The molecule has 0 bridgehead atoms. The van der Waals surface area contributed by atoms with Crippen LogP contribution in [0.4, 0.5) is 27.9 Å². The highest BCUT2D eigenvalue weighted by Crippen LogP contribution is 2.34. The number of anilines is 3. The summed E-state index contributed by atoms with van der Waals surface area (Å²) in [6.45, 7) is 1.94. The zero-order valence-corrected chi connectivity index (χ0v) is 23.3. The van der Waals surface area contributed by atoms with Crippen molar-refractivity contribution in [3.8, 4) is 11.5 Å². The molecule has 1 aliphatic heterocycles. The van der Waals surface area contributed by atoms with Crippen molar-refractivity contribution in [2.45, 2.75) is 6.92 Å². The largest absolute Gasteiger partial charge is 0.454 e. The Morgan fingerprint density at radius 2 is 1.83 bits per heavy atom. The topological polar surface area (TPSA) is 154 Å². The van der Waals surface area contributed by atoms with E-state index < -0.39 is 21.2 Å². The van der Waals surface area contributed by atoms with E-state index in [0.29, 0.717) is 48.6 Å².